The Hall–Kier alpha value is -1.35. The van der Waals surface area contributed by atoms with Crippen LogP contribution in [0.3, 0.4) is 0 Å². The van der Waals surface area contributed by atoms with Crippen molar-refractivity contribution < 1.29 is 4.79 Å². The van der Waals surface area contributed by atoms with Crippen LogP contribution in [0, 0.1) is 5.92 Å². The zero-order valence-electron chi connectivity index (χ0n) is 12.3. The molecule has 0 saturated carbocycles. The van der Waals surface area contributed by atoms with Gasteiger partial charge in [-0.2, -0.15) is 0 Å². The van der Waals surface area contributed by atoms with Crippen LogP contribution in [0.25, 0.3) is 0 Å². The van der Waals surface area contributed by atoms with E-state index in [0.717, 1.165) is 5.69 Å². The molecule has 1 aromatic carbocycles. The van der Waals surface area contributed by atoms with E-state index < -0.39 is 0 Å². The quantitative estimate of drug-likeness (QED) is 0.888. The molecule has 1 saturated heterocycles. The van der Waals surface area contributed by atoms with Crippen LogP contribution in [0.4, 0.5) is 5.69 Å². The average Bonchev–Trinajstić information content (AvgIpc) is 2.63. The predicted molar refractivity (Wildman–Crippen MR) is 79.3 cm³/mol. The molecule has 1 fully saturated rings. The second-order valence-electron chi connectivity index (χ2n) is 6.50. The zero-order chi connectivity index (χ0) is 14.2. The van der Waals surface area contributed by atoms with Gasteiger partial charge in [0.2, 0.25) is 5.91 Å². The van der Waals surface area contributed by atoms with Gasteiger partial charge in [0.05, 0.1) is 0 Å². The van der Waals surface area contributed by atoms with Gasteiger partial charge >= 0.3 is 0 Å². The van der Waals surface area contributed by atoms with E-state index in [0.29, 0.717) is 13.0 Å². The molecule has 19 heavy (non-hydrogen) atoms. The predicted octanol–water partition coefficient (Wildman–Crippen LogP) is 2.68. The molecule has 1 heterocycles. The summed E-state index contributed by atoms with van der Waals surface area (Å²) in [4.78, 5) is 14.0. The minimum Gasteiger partial charge on any atom is -0.330 e. The van der Waals surface area contributed by atoms with Crippen LogP contribution >= 0.6 is 0 Å². The number of benzene rings is 1. The van der Waals surface area contributed by atoms with Crippen LogP contribution in [0.2, 0.25) is 0 Å². The maximum atomic E-state index is 12.1. The second-order valence-corrected chi connectivity index (χ2v) is 6.50. The lowest BCUT2D eigenvalue weighted by molar-refractivity contribution is -0.117. The summed E-state index contributed by atoms with van der Waals surface area (Å²) in [7, 11) is 0. The van der Waals surface area contributed by atoms with E-state index in [9.17, 15) is 4.79 Å². The molecule has 0 aliphatic carbocycles. The van der Waals surface area contributed by atoms with E-state index in [1.165, 1.54) is 5.56 Å². The molecule has 0 spiro atoms. The topological polar surface area (TPSA) is 46.3 Å². The van der Waals surface area contributed by atoms with Crippen LogP contribution in [0.1, 0.15) is 39.7 Å². The Morgan fingerprint density at radius 2 is 1.84 bits per heavy atom. The summed E-state index contributed by atoms with van der Waals surface area (Å²) in [5, 5.41) is 0. The van der Waals surface area contributed by atoms with Crippen molar-refractivity contribution in [2.24, 2.45) is 11.7 Å². The highest BCUT2D eigenvalue weighted by molar-refractivity contribution is 5.96. The number of hydrogen-bond acceptors (Lipinski definition) is 2. The first-order valence-corrected chi connectivity index (χ1v) is 6.97. The van der Waals surface area contributed by atoms with Crippen LogP contribution in [-0.2, 0) is 10.2 Å². The molecule has 0 bridgehead atoms. The van der Waals surface area contributed by atoms with Crippen molar-refractivity contribution in [2.75, 3.05) is 11.4 Å². The van der Waals surface area contributed by atoms with Crippen LogP contribution in [0.15, 0.2) is 24.3 Å². The van der Waals surface area contributed by atoms with E-state index in [-0.39, 0.29) is 23.3 Å². The normalized spacial score (nSPS) is 24.1. The van der Waals surface area contributed by atoms with Crippen molar-refractivity contribution in [1.29, 1.82) is 0 Å². The maximum absolute atomic E-state index is 12.1. The first-order valence-electron chi connectivity index (χ1n) is 6.97. The van der Waals surface area contributed by atoms with Crippen LogP contribution in [0.5, 0.6) is 0 Å². The molecule has 1 aliphatic heterocycles. The summed E-state index contributed by atoms with van der Waals surface area (Å²) in [5.41, 5.74) is 8.14. The van der Waals surface area contributed by atoms with E-state index in [4.69, 9.17) is 5.73 Å². The van der Waals surface area contributed by atoms with E-state index in [2.05, 4.69) is 39.8 Å². The molecule has 1 aromatic rings. The molecule has 0 radical (unpaired) electrons. The highest BCUT2D eigenvalue weighted by Crippen LogP contribution is 2.32. The molecule has 2 rings (SSSR count). The lowest BCUT2D eigenvalue weighted by Gasteiger charge is -2.26. The second kappa shape index (κ2) is 4.97. The molecular formula is C16H24N2O. The molecule has 2 atom stereocenters. The average molecular weight is 260 g/mol. The first kappa shape index (κ1) is 14.1. The lowest BCUT2D eigenvalue weighted by Crippen LogP contribution is -2.34. The maximum Gasteiger partial charge on any atom is 0.227 e. The van der Waals surface area contributed by atoms with Crippen LogP contribution in [-0.4, -0.2) is 18.5 Å². The van der Waals surface area contributed by atoms with Crippen molar-refractivity contribution in [1.82, 2.24) is 0 Å². The number of anilines is 1. The number of rotatable bonds is 2. The number of nitrogens with zero attached hydrogens (tertiary/aromatic N) is 1. The summed E-state index contributed by atoms with van der Waals surface area (Å²) in [5.74, 6) is 0.459. The number of amides is 1. The van der Waals surface area contributed by atoms with Crippen molar-refractivity contribution in [2.45, 2.75) is 45.6 Å². The third-order valence-electron chi connectivity index (χ3n) is 4.11. The van der Waals surface area contributed by atoms with Gasteiger partial charge in [-0.3, -0.25) is 4.79 Å². The Bertz CT molecular complexity index is 459. The molecule has 104 valence electrons. The third kappa shape index (κ3) is 2.66. The fourth-order valence-corrected chi connectivity index (χ4v) is 2.71. The van der Waals surface area contributed by atoms with Crippen molar-refractivity contribution in [3.63, 3.8) is 0 Å². The van der Waals surface area contributed by atoms with Gasteiger partial charge in [0, 0.05) is 24.1 Å². The largest absolute Gasteiger partial charge is 0.330 e. The van der Waals surface area contributed by atoms with Gasteiger partial charge in [-0.15, -0.1) is 0 Å². The summed E-state index contributed by atoms with van der Waals surface area (Å²) in [6, 6.07) is 8.52. The van der Waals surface area contributed by atoms with E-state index in [1.807, 2.05) is 17.0 Å². The van der Waals surface area contributed by atoms with Crippen molar-refractivity contribution in [3.8, 4) is 0 Å². The fraction of sp³-hybridized carbons (Fsp3) is 0.562. The molecule has 1 aliphatic rings. The summed E-state index contributed by atoms with van der Waals surface area (Å²) < 4.78 is 0. The van der Waals surface area contributed by atoms with E-state index >= 15 is 0 Å². The Balaban J connectivity index is 2.25. The van der Waals surface area contributed by atoms with Gasteiger partial charge in [-0.25, -0.2) is 0 Å². The highest BCUT2D eigenvalue weighted by Gasteiger charge is 2.36. The molecule has 2 unspecified atom stereocenters. The number of hydrogen-bond donors (Lipinski definition) is 1. The molecule has 0 aromatic heterocycles. The molecule has 2 N–H and O–H groups in total. The smallest absolute Gasteiger partial charge is 0.227 e. The fourth-order valence-electron chi connectivity index (χ4n) is 2.71. The SMILES string of the molecule is CC1C(CN)CC(=O)N1c1ccc(C(C)(C)C)cc1. The van der Waals surface area contributed by atoms with Gasteiger partial charge in [0.1, 0.15) is 0 Å². The van der Waals surface area contributed by atoms with Crippen molar-refractivity contribution >= 4 is 11.6 Å². The highest BCUT2D eigenvalue weighted by atomic mass is 16.2. The minimum absolute atomic E-state index is 0.138. The number of carbonyl (C=O) groups excluding carboxylic acids is 1. The first-order chi connectivity index (χ1) is 8.84. The Kier molecular flexibility index (Phi) is 3.68. The Morgan fingerprint density at radius 1 is 1.26 bits per heavy atom. The van der Waals surface area contributed by atoms with Gasteiger partial charge in [0.25, 0.3) is 0 Å². The van der Waals surface area contributed by atoms with Gasteiger partial charge in [-0.1, -0.05) is 32.9 Å². The number of nitrogens with two attached hydrogens (primary N) is 1. The Morgan fingerprint density at radius 3 is 2.26 bits per heavy atom. The number of carbonyl (C=O) groups is 1. The summed E-state index contributed by atoms with van der Waals surface area (Å²) in [6.07, 6.45) is 0.568. The molecule has 1 amide bonds. The minimum atomic E-state index is 0.138. The summed E-state index contributed by atoms with van der Waals surface area (Å²) in [6.45, 7) is 9.23. The monoisotopic (exact) mass is 260 g/mol. The van der Waals surface area contributed by atoms with Gasteiger partial charge < -0.3 is 10.6 Å². The van der Waals surface area contributed by atoms with Gasteiger partial charge in [-0.05, 0) is 36.6 Å². The third-order valence-corrected chi connectivity index (χ3v) is 4.11. The standard InChI is InChI=1S/C16H24N2O/c1-11-12(10-17)9-15(19)18(11)14-7-5-13(6-8-14)16(2,3)4/h5-8,11-12H,9-10,17H2,1-4H3. The van der Waals surface area contributed by atoms with Gasteiger partial charge in [0.15, 0.2) is 0 Å². The zero-order valence-corrected chi connectivity index (χ0v) is 12.3. The molecule has 3 heteroatoms. The van der Waals surface area contributed by atoms with Crippen LogP contribution < -0.4 is 10.6 Å². The molecule has 3 nitrogen and oxygen atoms in total. The summed E-state index contributed by atoms with van der Waals surface area (Å²) >= 11 is 0. The molecular weight excluding hydrogens is 236 g/mol. The Labute approximate surface area is 115 Å². The lowest BCUT2D eigenvalue weighted by atomic mass is 9.87. The van der Waals surface area contributed by atoms with E-state index in [1.54, 1.807) is 0 Å². The van der Waals surface area contributed by atoms with Crippen molar-refractivity contribution in [3.05, 3.63) is 29.8 Å².